The third kappa shape index (κ3) is 2.90. The van der Waals surface area contributed by atoms with E-state index in [-0.39, 0.29) is 17.3 Å². The molecule has 1 aromatic heterocycles. The Morgan fingerprint density at radius 1 is 1.18 bits per heavy atom. The van der Waals surface area contributed by atoms with Crippen molar-refractivity contribution in [3.05, 3.63) is 28.7 Å². The highest BCUT2D eigenvalue weighted by molar-refractivity contribution is 7.89. The molecule has 9 heteroatoms. The van der Waals surface area contributed by atoms with Crippen molar-refractivity contribution in [2.45, 2.75) is 17.7 Å². The lowest BCUT2D eigenvalue weighted by molar-refractivity contribution is -0.128. The number of amides is 1. The number of nitrogens with one attached hydrogen (secondary N) is 3. The van der Waals surface area contributed by atoms with Gasteiger partial charge in [-0.05, 0) is 31.0 Å². The van der Waals surface area contributed by atoms with Gasteiger partial charge in [-0.25, -0.2) is 17.9 Å². The molecule has 3 rings (SSSR count). The molecule has 0 atom stereocenters. The maximum absolute atomic E-state index is 12.2. The summed E-state index contributed by atoms with van der Waals surface area (Å²) in [6, 6.07) is 4.24. The number of sulfonamides is 1. The topological polar surface area (TPSA) is 115 Å². The van der Waals surface area contributed by atoms with Gasteiger partial charge < -0.3 is 14.9 Å². The molecule has 0 spiro atoms. The van der Waals surface area contributed by atoms with Crippen molar-refractivity contribution >= 4 is 27.0 Å². The van der Waals surface area contributed by atoms with E-state index in [9.17, 15) is 18.0 Å². The molecule has 8 nitrogen and oxygen atoms in total. The molecule has 2 aromatic rings. The number of hydrogen-bond donors (Lipinski definition) is 3. The van der Waals surface area contributed by atoms with Crippen molar-refractivity contribution in [3.63, 3.8) is 0 Å². The molecule has 22 heavy (non-hydrogen) atoms. The second-order valence-corrected chi connectivity index (χ2v) is 6.97. The van der Waals surface area contributed by atoms with Crippen LogP contribution in [-0.2, 0) is 14.8 Å². The van der Waals surface area contributed by atoms with Gasteiger partial charge in [0.2, 0.25) is 15.9 Å². The lowest BCUT2D eigenvalue weighted by Crippen LogP contribution is -2.38. The molecule has 1 aliphatic rings. The van der Waals surface area contributed by atoms with E-state index in [2.05, 4.69) is 14.7 Å². The summed E-state index contributed by atoms with van der Waals surface area (Å²) in [5.74, 6) is -0.225. The summed E-state index contributed by atoms with van der Waals surface area (Å²) in [6.45, 7) is 1.10. The van der Waals surface area contributed by atoms with Gasteiger partial charge in [-0.15, -0.1) is 0 Å². The number of aromatic nitrogens is 2. The van der Waals surface area contributed by atoms with Crippen molar-refractivity contribution in [3.8, 4) is 0 Å². The van der Waals surface area contributed by atoms with Crippen LogP contribution in [0.4, 0.5) is 0 Å². The molecule has 3 N–H and O–H groups in total. The van der Waals surface area contributed by atoms with E-state index >= 15 is 0 Å². The summed E-state index contributed by atoms with van der Waals surface area (Å²) in [7, 11) is -3.80. The Labute approximate surface area is 126 Å². The molecule has 0 radical (unpaired) electrons. The van der Waals surface area contributed by atoms with Gasteiger partial charge >= 0.3 is 5.69 Å². The van der Waals surface area contributed by atoms with Crippen LogP contribution < -0.4 is 10.4 Å². The van der Waals surface area contributed by atoms with Gasteiger partial charge in [0.1, 0.15) is 0 Å². The zero-order chi connectivity index (χ0) is 15.7. The van der Waals surface area contributed by atoms with E-state index in [1.807, 2.05) is 0 Å². The highest BCUT2D eigenvalue weighted by Crippen LogP contribution is 2.15. The molecule has 2 heterocycles. The maximum Gasteiger partial charge on any atom is 0.323 e. The molecule has 1 amide bonds. The summed E-state index contributed by atoms with van der Waals surface area (Å²) >= 11 is 0. The van der Waals surface area contributed by atoms with Crippen molar-refractivity contribution in [1.82, 2.24) is 19.6 Å². The maximum atomic E-state index is 12.2. The Bertz CT molecular complexity index is 862. The molecule has 1 saturated heterocycles. The number of benzene rings is 1. The summed E-state index contributed by atoms with van der Waals surface area (Å²) in [5, 5.41) is 0. The van der Waals surface area contributed by atoms with E-state index in [4.69, 9.17) is 0 Å². The molecule has 118 valence electrons. The average molecular weight is 324 g/mol. The Hall–Kier alpha value is -2.13. The standard InChI is InChI=1S/C13H16N4O4S/c18-12(17-5-1-2-6-17)8-14-22(20,21)9-3-4-10-11(7-9)16-13(19)15-10/h3-4,7,14H,1-2,5-6,8H2,(H2,15,16,19). The number of fused-ring (bicyclic) bond motifs is 1. The fourth-order valence-corrected chi connectivity index (χ4v) is 3.50. The average Bonchev–Trinajstić information content (AvgIpc) is 3.12. The number of imidazole rings is 1. The number of carbonyl (C=O) groups is 1. The third-order valence-electron chi connectivity index (χ3n) is 3.67. The molecule has 1 aromatic carbocycles. The molecular weight excluding hydrogens is 308 g/mol. The van der Waals surface area contributed by atoms with Crippen molar-refractivity contribution in [2.24, 2.45) is 0 Å². The fraction of sp³-hybridized carbons (Fsp3) is 0.385. The van der Waals surface area contributed by atoms with Crippen molar-refractivity contribution in [2.75, 3.05) is 19.6 Å². The Morgan fingerprint density at radius 2 is 1.86 bits per heavy atom. The summed E-state index contributed by atoms with van der Waals surface area (Å²) in [6.07, 6.45) is 1.91. The SMILES string of the molecule is O=C(CNS(=O)(=O)c1ccc2[nH]c(=O)[nH]c2c1)N1CCCC1. The number of rotatable bonds is 4. The smallest absolute Gasteiger partial charge is 0.323 e. The Morgan fingerprint density at radius 3 is 2.59 bits per heavy atom. The number of carbonyl (C=O) groups excluding carboxylic acids is 1. The van der Waals surface area contributed by atoms with Gasteiger partial charge in [0, 0.05) is 13.1 Å². The number of nitrogens with zero attached hydrogens (tertiary/aromatic N) is 1. The van der Waals surface area contributed by atoms with Gasteiger partial charge in [0.15, 0.2) is 0 Å². The quantitative estimate of drug-likeness (QED) is 0.719. The molecular formula is C13H16N4O4S. The predicted octanol–water partition coefficient (Wildman–Crippen LogP) is -0.243. The van der Waals surface area contributed by atoms with Gasteiger partial charge in [0.25, 0.3) is 0 Å². The Kier molecular flexibility index (Phi) is 3.75. The van der Waals surface area contributed by atoms with Crippen LogP contribution in [0.2, 0.25) is 0 Å². The van der Waals surface area contributed by atoms with E-state index in [1.165, 1.54) is 18.2 Å². The minimum Gasteiger partial charge on any atom is -0.342 e. The number of aromatic amines is 2. The number of hydrogen-bond acceptors (Lipinski definition) is 4. The monoisotopic (exact) mass is 324 g/mol. The lowest BCUT2D eigenvalue weighted by Gasteiger charge is -2.15. The molecule has 0 aliphatic carbocycles. The number of likely N-dealkylation sites (tertiary alicyclic amines) is 1. The molecule has 1 aliphatic heterocycles. The second-order valence-electron chi connectivity index (χ2n) is 5.20. The molecule has 1 fully saturated rings. The first-order valence-corrected chi connectivity index (χ1v) is 8.43. The fourth-order valence-electron chi connectivity index (χ4n) is 2.50. The summed E-state index contributed by atoms with van der Waals surface area (Å²) in [4.78, 5) is 29.8. The summed E-state index contributed by atoms with van der Waals surface area (Å²) in [5.41, 5.74) is 0.526. The van der Waals surface area contributed by atoms with Gasteiger partial charge in [-0.3, -0.25) is 4.79 Å². The van der Waals surface area contributed by atoms with Crippen molar-refractivity contribution in [1.29, 1.82) is 0 Å². The molecule has 0 saturated carbocycles. The minimum absolute atomic E-state index is 0.00414. The van der Waals surface area contributed by atoms with Crippen LogP contribution in [-0.4, -0.2) is 48.8 Å². The zero-order valence-corrected chi connectivity index (χ0v) is 12.6. The highest BCUT2D eigenvalue weighted by Gasteiger charge is 2.21. The third-order valence-corrected chi connectivity index (χ3v) is 5.07. The number of H-pyrrole nitrogens is 2. The highest BCUT2D eigenvalue weighted by atomic mass is 32.2. The van der Waals surface area contributed by atoms with Crippen LogP contribution in [0.5, 0.6) is 0 Å². The molecule has 0 bridgehead atoms. The normalized spacial score (nSPS) is 15.5. The first-order chi connectivity index (χ1) is 10.5. The van der Waals surface area contributed by atoms with Crippen LogP contribution in [0.1, 0.15) is 12.8 Å². The van der Waals surface area contributed by atoms with Crippen LogP contribution >= 0.6 is 0 Å². The first-order valence-electron chi connectivity index (χ1n) is 6.95. The molecule has 0 unspecified atom stereocenters. The van der Waals surface area contributed by atoms with Crippen LogP contribution in [0.15, 0.2) is 27.9 Å². The van der Waals surface area contributed by atoms with Crippen LogP contribution in [0.25, 0.3) is 11.0 Å². The van der Waals surface area contributed by atoms with Gasteiger partial charge in [-0.1, -0.05) is 0 Å². The van der Waals surface area contributed by atoms with E-state index in [0.29, 0.717) is 24.1 Å². The van der Waals surface area contributed by atoms with E-state index < -0.39 is 15.7 Å². The van der Waals surface area contributed by atoms with E-state index in [0.717, 1.165) is 12.8 Å². The largest absolute Gasteiger partial charge is 0.342 e. The van der Waals surface area contributed by atoms with E-state index in [1.54, 1.807) is 4.90 Å². The minimum atomic E-state index is -3.80. The van der Waals surface area contributed by atoms with Crippen LogP contribution in [0, 0.1) is 0 Å². The lowest BCUT2D eigenvalue weighted by atomic mass is 10.3. The van der Waals surface area contributed by atoms with Gasteiger partial charge in [-0.2, -0.15) is 0 Å². The Balaban J connectivity index is 1.75. The van der Waals surface area contributed by atoms with Crippen molar-refractivity contribution < 1.29 is 13.2 Å². The predicted molar refractivity (Wildman–Crippen MR) is 79.9 cm³/mol. The first kappa shape index (κ1) is 14.8. The summed E-state index contributed by atoms with van der Waals surface area (Å²) < 4.78 is 26.7. The van der Waals surface area contributed by atoms with Crippen LogP contribution in [0.3, 0.4) is 0 Å². The second kappa shape index (κ2) is 5.58. The zero-order valence-electron chi connectivity index (χ0n) is 11.8. The van der Waals surface area contributed by atoms with Gasteiger partial charge in [0.05, 0.1) is 22.5 Å².